The molecule has 19 heavy (non-hydrogen) atoms. The van der Waals surface area contributed by atoms with E-state index in [1.165, 1.54) is 47.8 Å². The first-order chi connectivity index (χ1) is 9.06. The van der Waals surface area contributed by atoms with Gasteiger partial charge in [-0.15, -0.1) is 0 Å². The predicted molar refractivity (Wildman–Crippen MR) is 74.7 cm³/mol. The van der Waals surface area contributed by atoms with E-state index in [0.29, 0.717) is 5.69 Å². The number of aromatic nitrogens is 2. The Morgan fingerprint density at radius 2 is 2.37 bits per heavy atom. The van der Waals surface area contributed by atoms with Crippen molar-refractivity contribution in [1.82, 2.24) is 9.36 Å². The summed E-state index contributed by atoms with van der Waals surface area (Å²) in [5.74, 6) is -0.708. The zero-order chi connectivity index (χ0) is 13.8. The van der Waals surface area contributed by atoms with Crippen LogP contribution >= 0.6 is 23.3 Å². The average molecular weight is 298 g/mol. The molecule has 8 heteroatoms. The third kappa shape index (κ3) is 3.65. The first-order valence-corrected chi connectivity index (χ1v) is 7.01. The molecule has 0 aliphatic rings. The highest BCUT2D eigenvalue weighted by Gasteiger charge is 2.16. The number of hydrogen-bond acceptors (Lipinski definition) is 6. The summed E-state index contributed by atoms with van der Waals surface area (Å²) in [5, 5.41) is 2.34. The molecule has 2 rings (SSSR count). The zero-order valence-electron chi connectivity index (χ0n) is 9.96. The van der Waals surface area contributed by atoms with Crippen LogP contribution in [0.2, 0.25) is 0 Å². The Morgan fingerprint density at radius 1 is 1.58 bits per heavy atom. The summed E-state index contributed by atoms with van der Waals surface area (Å²) >= 11 is 2.54. The summed E-state index contributed by atoms with van der Waals surface area (Å²) in [5.41, 5.74) is 5.90. The normalized spacial score (nSPS) is 12.1. The molecule has 0 saturated heterocycles. The van der Waals surface area contributed by atoms with Gasteiger partial charge in [0, 0.05) is 5.69 Å². The number of carbonyl (C=O) groups excluding carboxylic acids is 1. The number of benzene rings is 1. The highest BCUT2D eigenvalue weighted by molar-refractivity contribution is 8.02. The molecule has 100 valence electrons. The fourth-order valence-electron chi connectivity index (χ4n) is 1.29. The molecule has 0 fully saturated rings. The van der Waals surface area contributed by atoms with E-state index >= 15 is 0 Å². The van der Waals surface area contributed by atoms with E-state index < -0.39 is 5.82 Å². The molecule has 0 radical (unpaired) electrons. The Morgan fingerprint density at radius 3 is 3.00 bits per heavy atom. The second-order valence-corrected chi connectivity index (χ2v) is 6.06. The number of rotatable bonds is 4. The van der Waals surface area contributed by atoms with Gasteiger partial charge in [0.1, 0.15) is 12.1 Å². The van der Waals surface area contributed by atoms with Gasteiger partial charge in [0.05, 0.1) is 10.9 Å². The Bertz CT molecular complexity index is 576. The van der Waals surface area contributed by atoms with Gasteiger partial charge in [-0.1, -0.05) is 11.8 Å². The average Bonchev–Trinajstić information content (AvgIpc) is 2.86. The molecule has 0 aliphatic heterocycles. The SMILES string of the molecule is CC(Sc1ncns1)C(=O)Nc1ccc(F)c(N)c1. The molecule has 1 amide bonds. The summed E-state index contributed by atoms with van der Waals surface area (Å²) in [6.07, 6.45) is 1.44. The lowest BCUT2D eigenvalue weighted by atomic mass is 10.2. The van der Waals surface area contributed by atoms with Crippen LogP contribution in [0.1, 0.15) is 6.92 Å². The van der Waals surface area contributed by atoms with Crippen LogP contribution in [0.5, 0.6) is 0 Å². The van der Waals surface area contributed by atoms with E-state index in [2.05, 4.69) is 14.7 Å². The molecule has 0 bridgehead atoms. The maximum atomic E-state index is 13.0. The molecular formula is C11H11FN4OS2. The molecule has 0 aliphatic carbocycles. The van der Waals surface area contributed by atoms with Crippen molar-refractivity contribution in [2.45, 2.75) is 16.5 Å². The minimum atomic E-state index is -0.505. The number of carbonyl (C=O) groups is 1. The highest BCUT2D eigenvalue weighted by atomic mass is 32.2. The van der Waals surface area contributed by atoms with E-state index in [1.807, 2.05) is 0 Å². The summed E-state index contributed by atoms with van der Waals surface area (Å²) in [4.78, 5) is 15.9. The lowest BCUT2D eigenvalue weighted by Gasteiger charge is -2.10. The number of amides is 1. The van der Waals surface area contributed by atoms with Crippen LogP contribution in [-0.2, 0) is 4.79 Å². The fraction of sp³-hybridized carbons (Fsp3) is 0.182. The maximum absolute atomic E-state index is 13.0. The lowest BCUT2D eigenvalue weighted by molar-refractivity contribution is -0.115. The molecule has 1 heterocycles. The molecule has 0 saturated carbocycles. The third-order valence-electron chi connectivity index (χ3n) is 2.25. The first kappa shape index (κ1) is 13.8. The molecule has 1 atom stereocenters. The number of hydrogen-bond donors (Lipinski definition) is 2. The quantitative estimate of drug-likeness (QED) is 0.669. The molecule has 1 unspecified atom stereocenters. The molecule has 2 aromatic rings. The summed E-state index contributed by atoms with van der Waals surface area (Å²) < 4.78 is 17.6. The fourth-order valence-corrected chi connectivity index (χ4v) is 2.87. The third-order valence-corrected chi connectivity index (χ3v) is 4.10. The molecular weight excluding hydrogens is 287 g/mol. The molecule has 1 aromatic heterocycles. The standard InChI is InChI=1S/C11H11FN4OS2/c1-6(18-11-14-5-15-19-11)10(17)16-7-2-3-8(12)9(13)4-7/h2-6H,13H2,1H3,(H,16,17). The van der Waals surface area contributed by atoms with Crippen LogP contribution in [0.3, 0.4) is 0 Å². The van der Waals surface area contributed by atoms with Crippen molar-refractivity contribution in [3.63, 3.8) is 0 Å². The number of nitrogen functional groups attached to an aromatic ring is 1. The number of nitrogens with two attached hydrogens (primary N) is 1. The molecule has 0 spiro atoms. The Balaban J connectivity index is 1.98. The Kier molecular flexibility index (Phi) is 4.33. The van der Waals surface area contributed by atoms with Gasteiger partial charge < -0.3 is 11.1 Å². The van der Waals surface area contributed by atoms with Crippen LogP contribution in [0.25, 0.3) is 0 Å². The summed E-state index contributed by atoms with van der Waals surface area (Å²) in [6, 6.07) is 4.06. The predicted octanol–water partition coefficient (Wildman–Crippen LogP) is 2.38. The summed E-state index contributed by atoms with van der Waals surface area (Å²) in [6.45, 7) is 1.76. The minimum Gasteiger partial charge on any atom is -0.396 e. The minimum absolute atomic E-state index is 0.00206. The van der Waals surface area contributed by atoms with Crippen molar-refractivity contribution >= 4 is 40.6 Å². The highest BCUT2D eigenvalue weighted by Crippen LogP contribution is 2.25. The van der Waals surface area contributed by atoms with E-state index in [1.54, 1.807) is 6.92 Å². The van der Waals surface area contributed by atoms with E-state index in [9.17, 15) is 9.18 Å². The molecule has 3 N–H and O–H groups in total. The number of halogens is 1. The zero-order valence-corrected chi connectivity index (χ0v) is 11.6. The van der Waals surface area contributed by atoms with Crippen LogP contribution < -0.4 is 11.1 Å². The smallest absolute Gasteiger partial charge is 0.237 e. The largest absolute Gasteiger partial charge is 0.396 e. The number of nitrogens with one attached hydrogen (secondary N) is 1. The van der Waals surface area contributed by atoms with Crippen molar-refractivity contribution in [2.24, 2.45) is 0 Å². The monoisotopic (exact) mass is 298 g/mol. The number of thioether (sulfide) groups is 1. The Hall–Kier alpha value is -1.67. The Labute approximate surface area is 117 Å². The maximum Gasteiger partial charge on any atom is 0.237 e. The number of nitrogens with zero attached hydrogens (tertiary/aromatic N) is 2. The van der Waals surface area contributed by atoms with Gasteiger partial charge in [0.15, 0.2) is 4.34 Å². The second-order valence-electron chi connectivity index (χ2n) is 3.69. The van der Waals surface area contributed by atoms with E-state index in [0.717, 1.165) is 4.34 Å². The van der Waals surface area contributed by atoms with Gasteiger partial charge in [-0.2, -0.15) is 4.37 Å². The van der Waals surface area contributed by atoms with Crippen molar-refractivity contribution in [3.05, 3.63) is 30.3 Å². The van der Waals surface area contributed by atoms with Gasteiger partial charge >= 0.3 is 0 Å². The van der Waals surface area contributed by atoms with Crippen molar-refractivity contribution in [1.29, 1.82) is 0 Å². The van der Waals surface area contributed by atoms with Gasteiger partial charge in [-0.25, -0.2) is 9.37 Å². The van der Waals surface area contributed by atoms with Crippen LogP contribution in [0.4, 0.5) is 15.8 Å². The second kappa shape index (κ2) is 5.98. The summed E-state index contributed by atoms with van der Waals surface area (Å²) in [7, 11) is 0. The van der Waals surface area contributed by atoms with Crippen molar-refractivity contribution in [3.8, 4) is 0 Å². The lowest BCUT2D eigenvalue weighted by Crippen LogP contribution is -2.22. The van der Waals surface area contributed by atoms with E-state index in [4.69, 9.17) is 5.73 Å². The number of anilines is 2. The topological polar surface area (TPSA) is 80.9 Å². The van der Waals surface area contributed by atoms with Gasteiger partial charge in [-0.05, 0) is 36.7 Å². The molecule has 1 aromatic carbocycles. The van der Waals surface area contributed by atoms with E-state index in [-0.39, 0.29) is 16.8 Å². The van der Waals surface area contributed by atoms with Crippen LogP contribution in [0, 0.1) is 5.82 Å². The van der Waals surface area contributed by atoms with Gasteiger partial charge in [0.25, 0.3) is 0 Å². The van der Waals surface area contributed by atoms with Crippen molar-refractivity contribution in [2.75, 3.05) is 11.1 Å². The first-order valence-electron chi connectivity index (χ1n) is 5.35. The van der Waals surface area contributed by atoms with Crippen LogP contribution in [-0.4, -0.2) is 20.5 Å². The van der Waals surface area contributed by atoms with Crippen LogP contribution in [0.15, 0.2) is 28.9 Å². The van der Waals surface area contributed by atoms with Gasteiger partial charge in [-0.3, -0.25) is 4.79 Å². The van der Waals surface area contributed by atoms with Gasteiger partial charge in [0.2, 0.25) is 5.91 Å². The van der Waals surface area contributed by atoms with Crippen molar-refractivity contribution < 1.29 is 9.18 Å². The molecule has 5 nitrogen and oxygen atoms in total.